The van der Waals surface area contributed by atoms with Crippen molar-refractivity contribution < 1.29 is 14.7 Å². The van der Waals surface area contributed by atoms with Crippen molar-refractivity contribution >= 4 is 43.5 Å². The predicted octanol–water partition coefficient (Wildman–Crippen LogP) is 2.12. The topological polar surface area (TPSA) is 66.7 Å². The Bertz CT molecular complexity index is 490. The number of rotatable bonds is 7. The van der Waals surface area contributed by atoms with Gasteiger partial charge in [-0.2, -0.15) is 0 Å². The van der Waals surface area contributed by atoms with Crippen LogP contribution in [0, 0.1) is 5.92 Å². The molecule has 0 heterocycles. The number of Topliss-reactive ketones (excluding diaryl/α,β-unsaturated/α-hetero) is 1. The molecule has 1 unspecified atom stereocenters. The second kappa shape index (κ2) is 8.95. The molecule has 1 aromatic rings. The summed E-state index contributed by atoms with van der Waals surface area (Å²) >= 11 is 4.17. The molecule has 0 saturated heterocycles. The van der Waals surface area contributed by atoms with E-state index in [2.05, 4.69) is 21.0 Å². The van der Waals surface area contributed by atoms with Gasteiger partial charge >= 0.3 is 131 Å². The van der Waals surface area contributed by atoms with E-state index in [9.17, 15) is 9.59 Å². The maximum absolute atomic E-state index is 11.0. The first-order valence-electron chi connectivity index (χ1n) is 6.09. The number of carboxylic acid groups (broad SMARTS) is 1. The normalized spacial score (nSPS) is 12.9. The van der Waals surface area contributed by atoms with Gasteiger partial charge in [-0.3, -0.25) is 0 Å². The van der Waals surface area contributed by atoms with Crippen molar-refractivity contribution in [2.75, 3.05) is 5.75 Å². The maximum atomic E-state index is 11.0. The molecule has 107 valence electrons. The van der Waals surface area contributed by atoms with Crippen molar-refractivity contribution in [1.29, 1.82) is 0 Å². The molecule has 1 aromatic carbocycles. The second-order valence-corrected chi connectivity index (χ2v) is 6.72. The second-order valence-electron chi connectivity index (χ2n) is 4.32. The van der Waals surface area contributed by atoms with Gasteiger partial charge in [0.05, 0.1) is 0 Å². The molecule has 0 aromatic heterocycles. The van der Waals surface area contributed by atoms with Crippen LogP contribution in [0.2, 0.25) is 0 Å². The van der Waals surface area contributed by atoms with Crippen LogP contribution < -0.4 is 0 Å². The molecule has 1 radical (unpaired) electrons. The van der Waals surface area contributed by atoms with Crippen molar-refractivity contribution in [1.82, 2.24) is 0 Å². The summed E-state index contributed by atoms with van der Waals surface area (Å²) in [6.45, 7) is 1.96. The van der Waals surface area contributed by atoms with E-state index in [0.717, 1.165) is 5.56 Å². The van der Waals surface area contributed by atoms with Gasteiger partial charge in [0.1, 0.15) is 0 Å². The molecule has 0 amide bonds. The summed E-state index contributed by atoms with van der Waals surface area (Å²) in [4.78, 5) is 26.4. The van der Waals surface area contributed by atoms with Gasteiger partial charge in [0, 0.05) is 0 Å². The van der Waals surface area contributed by atoms with Gasteiger partial charge in [-0.25, -0.2) is 0 Å². The van der Waals surface area contributed by atoms with Crippen LogP contribution in [0.5, 0.6) is 0 Å². The Morgan fingerprint density at radius 1 is 1.35 bits per heavy atom. The summed E-state index contributed by atoms with van der Waals surface area (Å²) < 4.78 is 0.712. The molecule has 1 rings (SSSR count). The summed E-state index contributed by atoms with van der Waals surface area (Å²) in [7, 11) is 0. The predicted molar refractivity (Wildman–Crippen MR) is 82.2 cm³/mol. The number of hydrogen-bond donors (Lipinski definition) is 1. The van der Waals surface area contributed by atoms with E-state index >= 15 is 0 Å². The van der Waals surface area contributed by atoms with Gasteiger partial charge in [-0.15, -0.1) is 0 Å². The Labute approximate surface area is 130 Å². The minimum atomic E-state index is -0.941. The van der Waals surface area contributed by atoms with Crippen molar-refractivity contribution in [3.05, 3.63) is 35.9 Å². The first-order chi connectivity index (χ1) is 9.49. The van der Waals surface area contributed by atoms with Gasteiger partial charge in [-0.05, 0) is 0 Å². The van der Waals surface area contributed by atoms with Crippen LogP contribution in [-0.2, 0) is 16.1 Å². The summed E-state index contributed by atoms with van der Waals surface area (Å²) in [5.74, 6) is -1.37. The average Bonchev–Trinajstić information content (AvgIpc) is 2.41. The summed E-state index contributed by atoms with van der Waals surface area (Å²) in [6, 6.07) is 9.81. The molecule has 0 bridgehead atoms. The van der Waals surface area contributed by atoms with Gasteiger partial charge in [0.2, 0.25) is 0 Å². The van der Waals surface area contributed by atoms with Gasteiger partial charge < -0.3 is 0 Å². The number of aliphatic imine (C=N–C) groups is 1. The van der Waals surface area contributed by atoms with E-state index in [-0.39, 0.29) is 12.2 Å². The van der Waals surface area contributed by atoms with Crippen molar-refractivity contribution in [3.8, 4) is 0 Å². The number of nitrogens with zero attached hydrogens (tertiary/aromatic N) is 1. The fraction of sp³-hybridized carbons (Fsp3) is 0.357. The third-order valence-electron chi connectivity index (χ3n) is 2.52. The summed E-state index contributed by atoms with van der Waals surface area (Å²) in [5, 5.41) is 9.03. The van der Waals surface area contributed by atoms with E-state index in [4.69, 9.17) is 5.11 Å². The Kier molecular flexibility index (Phi) is 7.59. The van der Waals surface area contributed by atoms with E-state index in [0.29, 0.717) is 16.2 Å². The van der Waals surface area contributed by atoms with Gasteiger partial charge in [0.25, 0.3) is 0 Å². The molecule has 0 spiro atoms. The Balaban J connectivity index is 2.46. The molecule has 0 fully saturated rings. The Morgan fingerprint density at radius 2 is 2.00 bits per heavy atom. The first-order valence-corrected chi connectivity index (χ1v) is 7.93. The monoisotopic (exact) mass is 358 g/mol. The number of carbonyl (C=O) groups excluding carboxylic acids is 1. The third-order valence-corrected chi connectivity index (χ3v) is 4.48. The standard InChI is InChI=1S/C14H16NO3SSe/c1-10(16)7-12(13(17)18)9-19-14(20)15-8-11-5-3-2-4-6-11/h2-6,12H,7-9H2,1H3,(H,17,18). The van der Waals surface area contributed by atoms with Crippen LogP contribution >= 0.6 is 11.8 Å². The van der Waals surface area contributed by atoms with Gasteiger partial charge in [-0.1, -0.05) is 0 Å². The zero-order chi connectivity index (χ0) is 15.0. The molecular weight excluding hydrogens is 341 g/mol. The van der Waals surface area contributed by atoms with Crippen LogP contribution in [0.1, 0.15) is 18.9 Å². The van der Waals surface area contributed by atoms with Crippen LogP contribution in [-0.4, -0.2) is 42.6 Å². The van der Waals surface area contributed by atoms with Crippen LogP contribution in [0.4, 0.5) is 0 Å². The zero-order valence-corrected chi connectivity index (χ0v) is 13.6. The summed E-state index contributed by atoms with van der Waals surface area (Å²) in [6.07, 6.45) is 0.0638. The number of aliphatic carboxylic acids is 1. The number of benzene rings is 1. The van der Waals surface area contributed by atoms with Crippen molar-refractivity contribution in [2.24, 2.45) is 10.9 Å². The molecule has 4 nitrogen and oxygen atoms in total. The SMILES string of the molecule is CC(=O)CC(CSC([Se])=NCc1ccccc1)C(=O)O. The molecule has 1 atom stereocenters. The first kappa shape index (κ1) is 17.0. The van der Waals surface area contributed by atoms with Crippen molar-refractivity contribution in [3.63, 3.8) is 0 Å². The number of hydrogen-bond acceptors (Lipinski definition) is 4. The third kappa shape index (κ3) is 6.89. The molecular formula is C14H16NO3SSe. The number of carbonyl (C=O) groups is 2. The molecule has 0 aliphatic heterocycles. The van der Waals surface area contributed by atoms with Crippen molar-refractivity contribution in [2.45, 2.75) is 19.9 Å². The minimum absolute atomic E-state index is 0.0638. The van der Waals surface area contributed by atoms with Crippen LogP contribution in [0.15, 0.2) is 35.3 Å². The molecule has 1 N–H and O–H groups in total. The Hall–Kier alpha value is -1.10. The van der Waals surface area contributed by atoms with E-state index in [1.165, 1.54) is 18.7 Å². The number of ketones is 1. The van der Waals surface area contributed by atoms with Gasteiger partial charge in [0.15, 0.2) is 0 Å². The van der Waals surface area contributed by atoms with E-state index < -0.39 is 11.9 Å². The number of carboxylic acids is 1. The van der Waals surface area contributed by atoms with Crippen LogP contribution in [0.25, 0.3) is 0 Å². The molecule has 20 heavy (non-hydrogen) atoms. The fourth-order valence-electron chi connectivity index (χ4n) is 1.52. The van der Waals surface area contributed by atoms with E-state index in [1.54, 1.807) is 0 Å². The van der Waals surface area contributed by atoms with Crippen LogP contribution in [0.3, 0.4) is 0 Å². The molecule has 0 saturated carbocycles. The van der Waals surface area contributed by atoms with E-state index in [1.807, 2.05) is 30.3 Å². The quantitative estimate of drug-likeness (QED) is 0.461. The Morgan fingerprint density at radius 3 is 2.55 bits per heavy atom. The number of thioether (sulfide) groups is 1. The fourth-order valence-corrected chi connectivity index (χ4v) is 2.85. The zero-order valence-electron chi connectivity index (χ0n) is 11.1. The molecule has 0 aliphatic rings. The summed E-state index contributed by atoms with van der Waals surface area (Å²) in [5.41, 5.74) is 1.10. The average molecular weight is 357 g/mol. The molecule has 6 heteroatoms. The molecule has 0 aliphatic carbocycles.